The lowest BCUT2D eigenvalue weighted by molar-refractivity contribution is -0.142. The fourth-order valence-corrected chi connectivity index (χ4v) is 3.61. The maximum Gasteiger partial charge on any atom is 0.351 e. The molecule has 0 aliphatic heterocycles. The average molecular weight is 399 g/mol. The van der Waals surface area contributed by atoms with Crippen molar-refractivity contribution in [3.8, 4) is 5.75 Å². The lowest BCUT2D eigenvalue weighted by Crippen LogP contribution is -2.14. The summed E-state index contributed by atoms with van der Waals surface area (Å²) in [4.78, 5) is 36.0. The molecule has 0 aliphatic carbocycles. The molecule has 3 aromatic rings. The molecule has 0 spiro atoms. The summed E-state index contributed by atoms with van der Waals surface area (Å²) in [6.45, 7) is -0.335. The number of methoxy groups -OCH3 is 2. The Morgan fingerprint density at radius 2 is 1.75 bits per heavy atom. The number of hydrogen-bond acceptors (Lipinski definition) is 7. The monoisotopic (exact) mass is 399 g/mol. The predicted octanol–water partition coefficient (Wildman–Crippen LogP) is 3.49. The van der Waals surface area contributed by atoms with Crippen molar-refractivity contribution in [2.75, 3.05) is 26.1 Å². The summed E-state index contributed by atoms with van der Waals surface area (Å²) in [6.07, 6.45) is 0. The van der Waals surface area contributed by atoms with E-state index in [0.29, 0.717) is 21.3 Å². The second-order valence-corrected chi connectivity index (χ2v) is 6.70. The van der Waals surface area contributed by atoms with Gasteiger partial charge in [-0.3, -0.25) is 4.79 Å². The Morgan fingerprint density at radius 3 is 2.43 bits per heavy atom. The highest BCUT2D eigenvalue weighted by molar-refractivity contribution is 7.21. The Balaban J connectivity index is 1.92. The molecule has 2 aromatic carbocycles. The molecule has 0 saturated carbocycles. The van der Waals surface area contributed by atoms with E-state index >= 15 is 0 Å². The number of carbonyl (C=O) groups is 3. The van der Waals surface area contributed by atoms with Gasteiger partial charge in [0.2, 0.25) is 0 Å². The number of esters is 2. The Hall–Kier alpha value is -3.39. The normalized spacial score (nSPS) is 10.4. The molecule has 0 aliphatic rings. The first-order chi connectivity index (χ1) is 13.5. The van der Waals surface area contributed by atoms with Crippen molar-refractivity contribution in [2.45, 2.75) is 0 Å². The second kappa shape index (κ2) is 8.53. The molecule has 8 heteroatoms. The number of carbonyl (C=O) groups excluding carboxylic acids is 3. The van der Waals surface area contributed by atoms with Crippen LogP contribution in [0.25, 0.3) is 10.1 Å². The van der Waals surface area contributed by atoms with Gasteiger partial charge in [-0.2, -0.15) is 0 Å². The summed E-state index contributed by atoms with van der Waals surface area (Å²) in [5, 5.41) is 3.45. The minimum Gasteiger partial charge on any atom is -0.479 e. The maximum atomic E-state index is 12.3. The van der Waals surface area contributed by atoms with E-state index in [-0.39, 0.29) is 23.1 Å². The van der Waals surface area contributed by atoms with Crippen molar-refractivity contribution >= 4 is 45.0 Å². The van der Waals surface area contributed by atoms with Crippen LogP contribution in [0.1, 0.15) is 20.0 Å². The minimum absolute atomic E-state index is 0.230. The van der Waals surface area contributed by atoms with Crippen molar-refractivity contribution < 1.29 is 28.6 Å². The van der Waals surface area contributed by atoms with Crippen molar-refractivity contribution in [3.05, 3.63) is 59.0 Å². The van der Waals surface area contributed by atoms with E-state index < -0.39 is 11.9 Å². The van der Waals surface area contributed by atoms with Crippen molar-refractivity contribution in [1.82, 2.24) is 0 Å². The van der Waals surface area contributed by atoms with Crippen LogP contribution in [-0.4, -0.2) is 38.7 Å². The zero-order valence-corrected chi connectivity index (χ0v) is 16.0. The van der Waals surface area contributed by atoms with Gasteiger partial charge in [0.15, 0.2) is 17.2 Å². The molecule has 1 amide bonds. The standard InChI is InChI=1S/C20H17NO6S/c1-25-16(22)11-27-17-14-9-8-13(10-15(14)28-18(17)20(24)26-2)21-19(23)12-6-4-3-5-7-12/h3-10H,11H2,1-2H3,(H,21,23). The first-order valence-corrected chi connectivity index (χ1v) is 9.06. The van der Waals surface area contributed by atoms with E-state index in [1.807, 2.05) is 6.07 Å². The highest BCUT2D eigenvalue weighted by Gasteiger charge is 2.22. The molecule has 144 valence electrons. The second-order valence-electron chi connectivity index (χ2n) is 5.65. The number of ether oxygens (including phenoxy) is 3. The molecule has 0 saturated heterocycles. The van der Waals surface area contributed by atoms with E-state index in [9.17, 15) is 14.4 Å². The average Bonchev–Trinajstić information content (AvgIpc) is 3.09. The molecule has 1 N–H and O–H groups in total. The Morgan fingerprint density at radius 1 is 1.00 bits per heavy atom. The van der Waals surface area contributed by atoms with Gasteiger partial charge >= 0.3 is 11.9 Å². The van der Waals surface area contributed by atoms with Gasteiger partial charge in [-0.05, 0) is 30.3 Å². The molecule has 0 bridgehead atoms. The lowest BCUT2D eigenvalue weighted by atomic mass is 10.2. The van der Waals surface area contributed by atoms with Crippen LogP contribution < -0.4 is 10.1 Å². The van der Waals surface area contributed by atoms with Crippen LogP contribution in [0, 0.1) is 0 Å². The number of fused-ring (bicyclic) bond motifs is 1. The van der Waals surface area contributed by atoms with Gasteiger partial charge in [0.25, 0.3) is 5.91 Å². The van der Waals surface area contributed by atoms with Crippen molar-refractivity contribution in [2.24, 2.45) is 0 Å². The molecule has 7 nitrogen and oxygen atoms in total. The SMILES string of the molecule is COC(=O)COc1c(C(=O)OC)sc2cc(NC(=O)c3ccccc3)ccc12. The highest BCUT2D eigenvalue weighted by atomic mass is 32.1. The molecule has 3 rings (SSSR count). The Labute approximate surface area is 164 Å². The van der Waals surface area contributed by atoms with Crippen molar-refractivity contribution in [1.29, 1.82) is 0 Å². The molecule has 0 unspecified atom stereocenters. The zero-order valence-electron chi connectivity index (χ0n) is 15.2. The minimum atomic E-state index is -0.573. The number of hydrogen-bond donors (Lipinski definition) is 1. The quantitative estimate of drug-likeness (QED) is 0.638. The predicted molar refractivity (Wildman–Crippen MR) is 105 cm³/mol. The van der Waals surface area contributed by atoms with Gasteiger partial charge in [-0.25, -0.2) is 9.59 Å². The summed E-state index contributed by atoms with van der Waals surface area (Å²) in [5.41, 5.74) is 1.10. The number of nitrogens with one attached hydrogen (secondary N) is 1. The van der Waals surface area contributed by atoms with Crippen LogP contribution in [-0.2, 0) is 14.3 Å². The van der Waals surface area contributed by atoms with Crippen LogP contribution in [0.5, 0.6) is 5.75 Å². The van der Waals surface area contributed by atoms with Crippen LogP contribution in [0.3, 0.4) is 0 Å². The van der Waals surface area contributed by atoms with E-state index in [1.54, 1.807) is 42.5 Å². The summed E-state index contributed by atoms with van der Waals surface area (Å²) in [7, 11) is 2.52. The third kappa shape index (κ3) is 4.12. The third-order valence-corrected chi connectivity index (χ3v) is 4.99. The van der Waals surface area contributed by atoms with Crippen LogP contribution in [0.15, 0.2) is 48.5 Å². The van der Waals surface area contributed by atoms with Crippen LogP contribution in [0.2, 0.25) is 0 Å². The molecule has 0 fully saturated rings. The van der Waals surface area contributed by atoms with E-state index in [4.69, 9.17) is 9.47 Å². The smallest absolute Gasteiger partial charge is 0.351 e. The number of rotatable bonds is 6. The van der Waals surface area contributed by atoms with Gasteiger partial charge in [0.05, 0.1) is 14.2 Å². The third-order valence-electron chi connectivity index (χ3n) is 3.87. The summed E-state index contributed by atoms with van der Waals surface area (Å²) >= 11 is 1.15. The number of anilines is 1. The molecule has 1 aromatic heterocycles. The van der Waals surface area contributed by atoms with Crippen LogP contribution >= 0.6 is 11.3 Å². The Bertz CT molecular complexity index is 1030. The Kier molecular flexibility index (Phi) is 5.90. The largest absolute Gasteiger partial charge is 0.479 e. The van der Waals surface area contributed by atoms with E-state index in [1.165, 1.54) is 14.2 Å². The maximum absolute atomic E-state index is 12.3. The topological polar surface area (TPSA) is 90.9 Å². The van der Waals surface area contributed by atoms with Gasteiger partial charge in [-0.15, -0.1) is 11.3 Å². The molecule has 28 heavy (non-hydrogen) atoms. The molecule has 1 heterocycles. The molecular weight excluding hydrogens is 382 g/mol. The lowest BCUT2D eigenvalue weighted by Gasteiger charge is -2.07. The fraction of sp³-hybridized carbons (Fsp3) is 0.150. The van der Waals surface area contributed by atoms with Crippen LogP contribution in [0.4, 0.5) is 5.69 Å². The van der Waals surface area contributed by atoms with E-state index in [0.717, 1.165) is 11.3 Å². The number of benzene rings is 2. The molecular formula is C20H17NO6S. The van der Waals surface area contributed by atoms with Crippen molar-refractivity contribution in [3.63, 3.8) is 0 Å². The summed E-state index contributed by atoms with van der Waals surface area (Å²) in [6, 6.07) is 14.0. The van der Waals surface area contributed by atoms with Gasteiger partial charge in [0, 0.05) is 21.3 Å². The molecule has 0 radical (unpaired) electrons. The highest BCUT2D eigenvalue weighted by Crippen LogP contribution is 2.39. The van der Waals surface area contributed by atoms with Gasteiger partial charge in [0.1, 0.15) is 0 Å². The molecule has 0 atom stereocenters. The summed E-state index contributed by atoms with van der Waals surface area (Å²) < 4.78 is 15.6. The number of amides is 1. The fourth-order valence-electron chi connectivity index (χ4n) is 2.50. The van der Waals surface area contributed by atoms with Gasteiger partial charge < -0.3 is 19.5 Å². The van der Waals surface area contributed by atoms with Gasteiger partial charge in [-0.1, -0.05) is 18.2 Å². The first-order valence-electron chi connectivity index (χ1n) is 8.24. The first kappa shape index (κ1) is 19.4. The summed E-state index contributed by atoms with van der Waals surface area (Å²) in [5.74, 6) is -1.14. The van der Waals surface area contributed by atoms with E-state index in [2.05, 4.69) is 10.1 Å². The zero-order chi connectivity index (χ0) is 20.1. The number of thiophene rings is 1.